The Bertz CT molecular complexity index is 1110. The van der Waals surface area contributed by atoms with Crippen molar-refractivity contribution >= 4 is 55.2 Å². The van der Waals surface area contributed by atoms with E-state index in [0.29, 0.717) is 15.5 Å². The van der Waals surface area contributed by atoms with Crippen molar-refractivity contribution in [1.82, 2.24) is 0 Å². The van der Waals surface area contributed by atoms with Crippen LogP contribution in [0.2, 0.25) is 5.02 Å². The lowest BCUT2D eigenvalue weighted by atomic mass is 9.99. The van der Waals surface area contributed by atoms with Crippen LogP contribution in [-0.4, -0.2) is 5.78 Å². The predicted octanol–water partition coefficient (Wildman–Crippen LogP) is 6.60. The van der Waals surface area contributed by atoms with E-state index in [2.05, 4.69) is 12.6 Å². The first kappa shape index (κ1) is 15.1. The average molecular weight is 349 g/mol. The molecular formula is C21H13ClOS. The monoisotopic (exact) mass is 348 g/mol. The number of rotatable bonds is 3. The van der Waals surface area contributed by atoms with Crippen LogP contribution in [0.4, 0.5) is 0 Å². The molecule has 3 aromatic carbocycles. The molecule has 0 N–H and O–H groups in total. The van der Waals surface area contributed by atoms with Gasteiger partial charge in [-0.15, -0.1) is 11.3 Å². The van der Waals surface area contributed by atoms with Gasteiger partial charge in [0, 0.05) is 15.3 Å². The van der Waals surface area contributed by atoms with E-state index in [0.717, 1.165) is 26.4 Å². The molecule has 0 radical (unpaired) electrons. The third-order valence-corrected chi connectivity index (χ3v) is 5.41. The summed E-state index contributed by atoms with van der Waals surface area (Å²) in [6, 6.07) is 21.6. The van der Waals surface area contributed by atoms with Crippen molar-refractivity contribution < 1.29 is 4.79 Å². The Morgan fingerprint density at radius 3 is 2.46 bits per heavy atom. The molecule has 1 heterocycles. The van der Waals surface area contributed by atoms with Gasteiger partial charge in [-0.3, -0.25) is 4.79 Å². The zero-order valence-electron chi connectivity index (χ0n) is 12.8. The van der Waals surface area contributed by atoms with Gasteiger partial charge in [0.25, 0.3) is 0 Å². The van der Waals surface area contributed by atoms with Gasteiger partial charge < -0.3 is 0 Å². The van der Waals surface area contributed by atoms with E-state index < -0.39 is 0 Å². The molecule has 0 atom stereocenters. The topological polar surface area (TPSA) is 17.1 Å². The zero-order valence-corrected chi connectivity index (χ0v) is 14.3. The molecule has 4 aromatic rings. The van der Waals surface area contributed by atoms with E-state index in [1.807, 2.05) is 60.7 Å². The lowest BCUT2D eigenvalue weighted by Gasteiger charge is -2.05. The molecule has 0 fully saturated rings. The second-order valence-corrected chi connectivity index (χ2v) is 7.18. The van der Waals surface area contributed by atoms with E-state index in [1.54, 1.807) is 0 Å². The standard InChI is InChI=1S/C21H13ClOS/c1-13(15-7-6-14-4-2-3-5-16(14)10-15)21(23)20-11-17-8-9-18(22)12-19(17)24-20/h2-12H,1H2. The van der Waals surface area contributed by atoms with Crippen LogP contribution < -0.4 is 0 Å². The van der Waals surface area contributed by atoms with Crippen LogP contribution in [0.1, 0.15) is 15.2 Å². The molecule has 0 saturated carbocycles. The summed E-state index contributed by atoms with van der Waals surface area (Å²) in [5, 5.41) is 3.96. The highest BCUT2D eigenvalue weighted by Gasteiger charge is 2.15. The zero-order chi connectivity index (χ0) is 16.7. The lowest BCUT2D eigenvalue weighted by molar-refractivity contribution is 0.106. The quantitative estimate of drug-likeness (QED) is 0.301. The number of hydrogen-bond acceptors (Lipinski definition) is 2. The SMILES string of the molecule is C=C(C(=O)c1cc2ccc(Cl)cc2s1)c1ccc2ccccc2c1. The summed E-state index contributed by atoms with van der Waals surface area (Å²) in [7, 11) is 0. The molecule has 3 heteroatoms. The number of fused-ring (bicyclic) bond motifs is 2. The maximum Gasteiger partial charge on any atom is 0.202 e. The molecular weight excluding hydrogens is 336 g/mol. The number of benzene rings is 3. The van der Waals surface area contributed by atoms with Crippen molar-refractivity contribution in [3.8, 4) is 0 Å². The minimum absolute atomic E-state index is 0.0393. The van der Waals surface area contributed by atoms with Gasteiger partial charge in [0.2, 0.25) is 5.78 Å². The maximum absolute atomic E-state index is 12.8. The molecule has 0 aliphatic rings. The minimum Gasteiger partial charge on any atom is -0.288 e. The van der Waals surface area contributed by atoms with Crippen molar-refractivity contribution in [3.05, 3.63) is 88.8 Å². The van der Waals surface area contributed by atoms with Crippen LogP contribution in [0.5, 0.6) is 0 Å². The Labute approximate surface area is 148 Å². The minimum atomic E-state index is -0.0393. The number of Topliss-reactive ketones (excluding diaryl/α,β-unsaturated/α-hetero) is 1. The molecule has 4 rings (SSSR count). The van der Waals surface area contributed by atoms with E-state index in [9.17, 15) is 4.79 Å². The molecule has 0 spiro atoms. The molecule has 1 aromatic heterocycles. The number of carbonyl (C=O) groups is 1. The second kappa shape index (κ2) is 5.90. The molecule has 0 unspecified atom stereocenters. The highest BCUT2D eigenvalue weighted by molar-refractivity contribution is 7.21. The summed E-state index contributed by atoms with van der Waals surface area (Å²) in [6.07, 6.45) is 0. The van der Waals surface area contributed by atoms with Crippen LogP contribution in [0.3, 0.4) is 0 Å². The maximum atomic E-state index is 12.8. The molecule has 0 amide bonds. The van der Waals surface area contributed by atoms with E-state index in [4.69, 9.17) is 11.6 Å². The number of allylic oxidation sites excluding steroid dienone is 1. The summed E-state index contributed by atoms with van der Waals surface area (Å²) in [4.78, 5) is 13.5. The lowest BCUT2D eigenvalue weighted by Crippen LogP contribution is -1.99. The Morgan fingerprint density at radius 2 is 1.62 bits per heavy atom. The van der Waals surface area contributed by atoms with Gasteiger partial charge in [-0.1, -0.05) is 60.6 Å². The van der Waals surface area contributed by atoms with E-state index >= 15 is 0 Å². The first-order valence-corrected chi connectivity index (χ1v) is 8.73. The van der Waals surface area contributed by atoms with Crippen LogP contribution in [0.25, 0.3) is 26.4 Å². The predicted molar refractivity (Wildman–Crippen MR) is 104 cm³/mol. The number of halogens is 1. The van der Waals surface area contributed by atoms with Gasteiger partial charge >= 0.3 is 0 Å². The van der Waals surface area contributed by atoms with Gasteiger partial charge in [-0.2, -0.15) is 0 Å². The van der Waals surface area contributed by atoms with Crippen LogP contribution >= 0.6 is 22.9 Å². The Kier molecular flexibility index (Phi) is 3.72. The molecule has 116 valence electrons. The Balaban J connectivity index is 1.72. The summed E-state index contributed by atoms with van der Waals surface area (Å²) < 4.78 is 1.01. The van der Waals surface area contributed by atoms with E-state index in [-0.39, 0.29) is 5.78 Å². The third kappa shape index (κ3) is 2.64. The van der Waals surface area contributed by atoms with Crippen LogP contribution in [0, 0.1) is 0 Å². The van der Waals surface area contributed by atoms with Gasteiger partial charge in [-0.05, 0) is 46.0 Å². The fraction of sp³-hybridized carbons (Fsp3) is 0. The van der Waals surface area contributed by atoms with Crippen molar-refractivity contribution in [3.63, 3.8) is 0 Å². The first-order valence-electron chi connectivity index (χ1n) is 7.54. The largest absolute Gasteiger partial charge is 0.288 e. The summed E-state index contributed by atoms with van der Waals surface area (Å²) in [6.45, 7) is 4.03. The molecule has 0 aliphatic heterocycles. The molecule has 0 saturated heterocycles. The van der Waals surface area contributed by atoms with Gasteiger partial charge in [0.1, 0.15) is 0 Å². The number of hydrogen-bond donors (Lipinski definition) is 0. The highest BCUT2D eigenvalue weighted by Crippen LogP contribution is 2.31. The fourth-order valence-corrected chi connectivity index (χ4v) is 4.08. The normalized spacial score (nSPS) is 11.0. The molecule has 24 heavy (non-hydrogen) atoms. The van der Waals surface area contributed by atoms with Crippen LogP contribution in [0.15, 0.2) is 73.3 Å². The Hall–Kier alpha value is -2.42. The fourth-order valence-electron chi connectivity index (χ4n) is 2.77. The van der Waals surface area contributed by atoms with Gasteiger partial charge in [0.15, 0.2) is 0 Å². The summed E-state index contributed by atoms with van der Waals surface area (Å²) >= 11 is 7.48. The average Bonchev–Trinajstić information content (AvgIpc) is 3.03. The van der Waals surface area contributed by atoms with Crippen molar-refractivity contribution in [2.75, 3.05) is 0 Å². The highest BCUT2D eigenvalue weighted by atomic mass is 35.5. The number of thiophene rings is 1. The summed E-state index contributed by atoms with van der Waals surface area (Å²) in [5.41, 5.74) is 1.37. The van der Waals surface area contributed by atoms with Crippen molar-refractivity contribution in [2.45, 2.75) is 0 Å². The smallest absolute Gasteiger partial charge is 0.202 e. The third-order valence-electron chi connectivity index (χ3n) is 4.08. The number of carbonyl (C=O) groups excluding carboxylic acids is 1. The number of ketones is 1. The van der Waals surface area contributed by atoms with Gasteiger partial charge in [0.05, 0.1) is 4.88 Å². The Morgan fingerprint density at radius 1 is 0.875 bits per heavy atom. The van der Waals surface area contributed by atoms with Crippen molar-refractivity contribution in [1.29, 1.82) is 0 Å². The molecule has 0 aliphatic carbocycles. The van der Waals surface area contributed by atoms with Crippen molar-refractivity contribution in [2.24, 2.45) is 0 Å². The summed E-state index contributed by atoms with van der Waals surface area (Å²) in [5.74, 6) is -0.0393. The molecule has 0 bridgehead atoms. The first-order chi connectivity index (χ1) is 11.6. The van der Waals surface area contributed by atoms with E-state index in [1.165, 1.54) is 11.3 Å². The van der Waals surface area contributed by atoms with Crippen LogP contribution in [-0.2, 0) is 0 Å². The van der Waals surface area contributed by atoms with Gasteiger partial charge in [-0.25, -0.2) is 0 Å². The second-order valence-electron chi connectivity index (χ2n) is 5.66. The molecule has 1 nitrogen and oxygen atoms in total.